The second-order valence-electron chi connectivity index (χ2n) is 5.63. The fraction of sp³-hybridized carbons (Fsp3) is 1.00. The number of morpholine rings is 1. The minimum Gasteiger partial charge on any atom is -0.394 e. The largest absolute Gasteiger partial charge is 0.394 e. The zero-order valence-electron chi connectivity index (χ0n) is 10.2. The van der Waals surface area contributed by atoms with Crippen molar-refractivity contribution in [1.82, 2.24) is 4.90 Å². The fourth-order valence-electron chi connectivity index (χ4n) is 2.43. The molecule has 1 aliphatic rings. The van der Waals surface area contributed by atoms with Gasteiger partial charge < -0.3 is 14.9 Å². The molecule has 4 nitrogen and oxygen atoms in total. The molecule has 0 aliphatic carbocycles. The Morgan fingerprint density at radius 2 is 1.67 bits per heavy atom. The van der Waals surface area contributed by atoms with Crippen molar-refractivity contribution in [2.24, 2.45) is 0 Å². The van der Waals surface area contributed by atoms with E-state index in [0.29, 0.717) is 6.54 Å². The van der Waals surface area contributed by atoms with Gasteiger partial charge in [0.1, 0.15) is 0 Å². The van der Waals surface area contributed by atoms with Crippen LogP contribution < -0.4 is 0 Å². The molecule has 1 saturated heterocycles. The lowest BCUT2D eigenvalue weighted by Crippen LogP contribution is -2.58. The van der Waals surface area contributed by atoms with E-state index in [1.807, 2.05) is 27.7 Å². The van der Waals surface area contributed by atoms with Crippen LogP contribution >= 0.6 is 0 Å². The van der Waals surface area contributed by atoms with Crippen LogP contribution in [-0.2, 0) is 4.74 Å². The van der Waals surface area contributed by atoms with E-state index in [2.05, 4.69) is 4.90 Å². The zero-order valence-corrected chi connectivity index (χ0v) is 10.2. The number of nitrogens with zero attached hydrogens (tertiary/aromatic N) is 1. The number of ether oxygens (including phenoxy) is 1. The van der Waals surface area contributed by atoms with Gasteiger partial charge in [0.15, 0.2) is 0 Å². The van der Waals surface area contributed by atoms with Gasteiger partial charge in [0.25, 0.3) is 0 Å². The maximum atomic E-state index is 9.42. The second kappa shape index (κ2) is 4.37. The number of hydrogen-bond donors (Lipinski definition) is 2. The standard InChI is InChI=1S/C11H23NO3/c1-10(2)7-12(5-9(14)6-13)8-11(3,4)15-10/h9,13-14H,5-8H2,1-4H3. The Hall–Kier alpha value is -0.160. The van der Waals surface area contributed by atoms with Crippen LogP contribution in [0.4, 0.5) is 0 Å². The predicted octanol–water partition coefficient (Wildman–Crippen LogP) is 0.229. The first kappa shape index (κ1) is 12.9. The molecule has 0 aromatic carbocycles. The Bertz CT molecular complexity index is 200. The summed E-state index contributed by atoms with van der Waals surface area (Å²) in [5.74, 6) is 0. The van der Waals surface area contributed by atoms with Crippen molar-refractivity contribution in [3.8, 4) is 0 Å². The average Bonchev–Trinajstić information content (AvgIpc) is 1.97. The highest BCUT2D eigenvalue weighted by Crippen LogP contribution is 2.27. The van der Waals surface area contributed by atoms with Crippen LogP contribution in [0.15, 0.2) is 0 Å². The zero-order chi connectivity index (χ0) is 11.7. The summed E-state index contributed by atoms with van der Waals surface area (Å²) < 4.78 is 5.92. The quantitative estimate of drug-likeness (QED) is 0.710. The molecule has 0 amide bonds. The Morgan fingerprint density at radius 1 is 1.20 bits per heavy atom. The Morgan fingerprint density at radius 3 is 2.07 bits per heavy atom. The molecule has 1 aliphatic heterocycles. The van der Waals surface area contributed by atoms with Crippen molar-refractivity contribution < 1.29 is 14.9 Å². The highest BCUT2D eigenvalue weighted by molar-refractivity contribution is 4.89. The molecular formula is C11H23NO3. The van der Waals surface area contributed by atoms with Crippen LogP contribution in [0.2, 0.25) is 0 Å². The van der Waals surface area contributed by atoms with Crippen LogP contribution in [0.3, 0.4) is 0 Å². The monoisotopic (exact) mass is 217 g/mol. The number of aliphatic hydroxyl groups is 2. The molecule has 15 heavy (non-hydrogen) atoms. The normalized spacial score (nSPS) is 27.6. The van der Waals surface area contributed by atoms with Crippen molar-refractivity contribution >= 4 is 0 Å². The number of β-amino-alcohol motifs (C(OH)–C–C–N with tert-alkyl or cyclic N) is 1. The Balaban J connectivity index is 2.59. The van der Waals surface area contributed by atoms with Crippen molar-refractivity contribution in [1.29, 1.82) is 0 Å². The van der Waals surface area contributed by atoms with Gasteiger partial charge in [-0.3, -0.25) is 4.90 Å². The second-order valence-corrected chi connectivity index (χ2v) is 5.63. The molecule has 1 fully saturated rings. The number of aliphatic hydroxyl groups excluding tert-OH is 2. The summed E-state index contributed by atoms with van der Waals surface area (Å²) in [6.45, 7) is 10.1. The molecule has 0 radical (unpaired) electrons. The SMILES string of the molecule is CC1(C)CN(CC(O)CO)CC(C)(C)O1. The summed E-state index contributed by atoms with van der Waals surface area (Å²) >= 11 is 0. The first-order valence-corrected chi connectivity index (χ1v) is 5.45. The van der Waals surface area contributed by atoms with Crippen molar-refractivity contribution in [3.63, 3.8) is 0 Å². The van der Waals surface area contributed by atoms with E-state index in [9.17, 15) is 5.11 Å². The third kappa shape index (κ3) is 4.07. The van der Waals surface area contributed by atoms with Crippen LogP contribution in [0.25, 0.3) is 0 Å². The van der Waals surface area contributed by atoms with Gasteiger partial charge in [0.2, 0.25) is 0 Å². The number of rotatable bonds is 3. The lowest BCUT2D eigenvalue weighted by molar-refractivity contribution is -0.184. The molecule has 90 valence electrons. The first-order chi connectivity index (χ1) is 6.74. The van der Waals surface area contributed by atoms with Crippen LogP contribution in [-0.4, -0.2) is 58.7 Å². The van der Waals surface area contributed by atoms with Gasteiger partial charge in [-0.1, -0.05) is 0 Å². The van der Waals surface area contributed by atoms with E-state index < -0.39 is 6.10 Å². The van der Waals surface area contributed by atoms with E-state index in [-0.39, 0.29) is 17.8 Å². The molecule has 0 saturated carbocycles. The molecule has 0 aromatic heterocycles. The van der Waals surface area contributed by atoms with Gasteiger partial charge >= 0.3 is 0 Å². The summed E-state index contributed by atoms with van der Waals surface area (Å²) in [4.78, 5) is 2.14. The maximum absolute atomic E-state index is 9.42. The topological polar surface area (TPSA) is 52.9 Å². The van der Waals surface area contributed by atoms with E-state index in [4.69, 9.17) is 9.84 Å². The van der Waals surface area contributed by atoms with Gasteiger partial charge in [-0.2, -0.15) is 0 Å². The van der Waals surface area contributed by atoms with Gasteiger partial charge in [-0.05, 0) is 27.7 Å². The Kier molecular flexibility index (Phi) is 3.76. The van der Waals surface area contributed by atoms with Crippen molar-refractivity contribution in [2.75, 3.05) is 26.2 Å². The molecule has 4 heteroatoms. The fourth-order valence-corrected chi connectivity index (χ4v) is 2.43. The summed E-state index contributed by atoms with van der Waals surface area (Å²) in [6.07, 6.45) is -0.658. The van der Waals surface area contributed by atoms with Gasteiger partial charge in [0, 0.05) is 19.6 Å². The third-order valence-corrected chi connectivity index (χ3v) is 2.44. The molecule has 0 spiro atoms. The minimum atomic E-state index is -0.658. The van der Waals surface area contributed by atoms with Crippen molar-refractivity contribution in [3.05, 3.63) is 0 Å². The van der Waals surface area contributed by atoms with Gasteiger partial charge in [-0.15, -0.1) is 0 Å². The average molecular weight is 217 g/mol. The summed E-state index contributed by atoms with van der Waals surface area (Å²) in [7, 11) is 0. The van der Waals surface area contributed by atoms with E-state index in [0.717, 1.165) is 13.1 Å². The molecular weight excluding hydrogens is 194 g/mol. The summed E-state index contributed by atoms with van der Waals surface area (Å²) in [5.41, 5.74) is -0.395. The molecule has 0 bridgehead atoms. The van der Waals surface area contributed by atoms with E-state index in [1.54, 1.807) is 0 Å². The molecule has 1 rings (SSSR count). The van der Waals surface area contributed by atoms with Crippen LogP contribution in [0.1, 0.15) is 27.7 Å². The summed E-state index contributed by atoms with van der Waals surface area (Å²) in [5, 5.41) is 18.2. The molecule has 1 unspecified atom stereocenters. The van der Waals surface area contributed by atoms with Crippen LogP contribution in [0, 0.1) is 0 Å². The lowest BCUT2D eigenvalue weighted by Gasteiger charge is -2.47. The highest BCUT2D eigenvalue weighted by Gasteiger charge is 2.38. The van der Waals surface area contributed by atoms with Gasteiger partial charge in [0.05, 0.1) is 23.9 Å². The molecule has 1 heterocycles. The highest BCUT2D eigenvalue weighted by atomic mass is 16.5. The van der Waals surface area contributed by atoms with E-state index in [1.165, 1.54) is 0 Å². The maximum Gasteiger partial charge on any atom is 0.0897 e. The predicted molar refractivity (Wildman–Crippen MR) is 58.8 cm³/mol. The van der Waals surface area contributed by atoms with Crippen molar-refractivity contribution in [2.45, 2.75) is 45.0 Å². The third-order valence-electron chi connectivity index (χ3n) is 2.44. The first-order valence-electron chi connectivity index (χ1n) is 5.45. The Labute approximate surface area is 91.8 Å². The summed E-state index contributed by atoms with van der Waals surface area (Å²) in [6, 6.07) is 0. The minimum absolute atomic E-state index is 0.182. The van der Waals surface area contributed by atoms with Crippen LogP contribution in [0.5, 0.6) is 0 Å². The smallest absolute Gasteiger partial charge is 0.0897 e. The lowest BCUT2D eigenvalue weighted by atomic mass is 9.98. The molecule has 2 N–H and O–H groups in total. The van der Waals surface area contributed by atoms with E-state index >= 15 is 0 Å². The number of hydrogen-bond acceptors (Lipinski definition) is 4. The molecule has 1 atom stereocenters. The molecule has 0 aromatic rings. The van der Waals surface area contributed by atoms with Gasteiger partial charge in [-0.25, -0.2) is 0 Å².